The smallest absolute Gasteiger partial charge is 0.246 e. The quantitative estimate of drug-likeness (QED) is 0.686. The maximum absolute atomic E-state index is 11.3. The van der Waals surface area contributed by atoms with E-state index in [1.54, 1.807) is 0 Å². The highest BCUT2D eigenvalue weighted by atomic mass is 16.5. The molecule has 0 aromatic heterocycles. The van der Waals surface area contributed by atoms with Gasteiger partial charge in [0.25, 0.3) is 0 Å². The molecule has 0 aliphatic heterocycles. The Morgan fingerprint density at radius 2 is 2.19 bits per heavy atom. The first-order valence-electron chi connectivity index (χ1n) is 6.06. The van der Waals surface area contributed by atoms with Crippen LogP contribution in [-0.2, 0) is 9.53 Å². The van der Waals surface area contributed by atoms with Crippen LogP contribution in [0.1, 0.15) is 32.1 Å². The number of amides is 1. The van der Waals surface area contributed by atoms with E-state index in [9.17, 15) is 4.79 Å². The number of allylic oxidation sites excluding steroid dienone is 2. The molecular formula is C12H22N2O2. The van der Waals surface area contributed by atoms with Gasteiger partial charge in [-0.05, 0) is 32.1 Å². The van der Waals surface area contributed by atoms with Crippen LogP contribution >= 0.6 is 0 Å². The normalized spacial score (nSPS) is 23.2. The summed E-state index contributed by atoms with van der Waals surface area (Å²) in [7, 11) is 0. The molecule has 1 aliphatic rings. The fourth-order valence-electron chi connectivity index (χ4n) is 1.75. The van der Waals surface area contributed by atoms with Crippen molar-refractivity contribution in [3.8, 4) is 0 Å². The predicted molar refractivity (Wildman–Crippen MR) is 64.0 cm³/mol. The van der Waals surface area contributed by atoms with Crippen molar-refractivity contribution >= 4 is 5.91 Å². The van der Waals surface area contributed by atoms with Gasteiger partial charge >= 0.3 is 0 Å². The van der Waals surface area contributed by atoms with Gasteiger partial charge in [-0.2, -0.15) is 0 Å². The van der Waals surface area contributed by atoms with E-state index < -0.39 is 0 Å². The van der Waals surface area contributed by atoms with Crippen molar-refractivity contribution in [2.24, 2.45) is 5.73 Å². The first kappa shape index (κ1) is 13.2. The van der Waals surface area contributed by atoms with Crippen LogP contribution in [0.25, 0.3) is 0 Å². The van der Waals surface area contributed by atoms with Crippen LogP contribution < -0.4 is 11.1 Å². The Kier molecular flexibility index (Phi) is 6.85. The van der Waals surface area contributed by atoms with Crippen molar-refractivity contribution in [1.82, 2.24) is 5.32 Å². The van der Waals surface area contributed by atoms with Crippen molar-refractivity contribution in [2.45, 2.75) is 38.2 Å². The maximum atomic E-state index is 11.3. The molecule has 0 saturated heterocycles. The Labute approximate surface area is 97.2 Å². The molecule has 0 aromatic rings. The SMILES string of the molecule is NCCNC(=O)CO[C@H]1CC/C=C/CCC1. The van der Waals surface area contributed by atoms with E-state index in [0.29, 0.717) is 13.1 Å². The summed E-state index contributed by atoms with van der Waals surface area (Å²) < 4.78 is 5.59. The number of carbonyl (C=O) groups is 1. The topological polar surface area (TPSA) is 64.3 Å². The molecule has 4 nitrogen and oxygen atoms in total. The molecule has 0 fully saturated rings. The van der Waals surface area contributed by atoms with E-state index in [1.807, 2.05) is 0 Å². The van der Waals surface area contributed by atoms with Gasteiger partial charge in [0.15, 0.2) is 0 Å². The Hall–Kier alpha value is -0.870. The van der Waals surface area contributed by atoms with Crippen molar-refractivity contribution in [3.05, 3.63) is 12.2 Å². The van der Waals surface area contributed by atoms with Gasteiger partial charge in [0.1, 0.15) is 6.61 Å². The second-order valence-corrected chi connectivity index (χ2v) is 4.05. The van der Waals surface area contributed by atoms with E-state index in [2.05, 4.69) is 17.5 Å². The minimum absolute atomic E-state index is 0.0666. The van der Waals surface area contributed by atoms with E-state index in [4.69, 9.17) is 10.5 Å². The summed E-state index contributed by atoms with van der Waals surface area (Å²) in [4.78, 5) is 11.3. The molecule has 0 spiro atoms. The molecule has 4 heteroatoms. The summed E-state index contributed by atoms with van der Waals surface area (Å²) in [5.74, 6) is -0.0666. The second-order valence-electron chi connectivity index (χ2n) is 4.05. The molecule has 1 aliphatic carbocycles. The predicted octanol–water partition coefficient (Wildman–Crippen LogP) is 0.967. The standard InChI is InChI=1S/C12H22N2O2/c13-8-9-14-12(15)10-16-11-6-4-2-1-3-5-7-11/h1-2,11H,3-10,13H2,(H,14,15)/b2-1+/t11-/m0/s1. The number of nitrogens with one attached hydrogen (secondary N) is 1. The maximum Gasteiger partial charge on any atom is 0.246 e. The highest BCUT2D eigenvalue weighted by molar-refractivity contribution is 5.77. The zero-order valence-corrected chi connectivity index (χ0v) is 9.78. The van der Waals surface area contributed by atoms with Gasteiger partial charge in [0.2, 0.25) is 5.91 Å². The van der Waals surface area contributed by atoms with Crippen LogP contribution in [-0.4, -0.2) is 31.7 Å². The minimum Gasteiger partial charge on any atom is -0.368 e. The molecular weight excluding hydrogens is 204 g/mol. The number of rotatable bonds is 5. The highest BCUT2D eigenvalue weighted by Gasteiger charge is 2.11. The summed E-state index contributed by atoms with van der Waals surface area (Å²) in [6, 6.07) is 0. The van der Waals surface area contributed by atoms with Crippen LogP contribution in [0.15, 0.2) is 12.2 Å². The molecule has 92 valence electrons. The van der Waals surface area contributed by atoms with Gasteiger partial charge in [0, 0.05) is 13.1 Å². The number of hydrogen-bond acceptors (Lipinski definition) is 3. The molecule has 0 aromatic carbocycles. The molecule has 3 N–H and O–H groups in total. The zero-order valence-electron chi connectivity index (χ0n) is 9.78. The summed E-state index contributed by atoms with van der Waals surface area (Å²) in [6.45, 7) is 1.16. The zero-order chi connectivity index (χ0) is 11.6. The fourth-order valence-corrected chi connectivity index (χ4v) is 1.75. The molecule has 1 amide bonds. The van der Waals surface area contributed by atoms with E-state index in [1.165, 1.54) is 0 Å². The molecule has 16 heavy (non-hydrogen) atoms. The lowest BCUT2D eigenvalue weighted by atomic mass is 10.0. The Morgan fingerprint density at radius 3 is 3.00 bits per heavy atom. The minimum atomic E-state index is -0.0666. The fraction of sp³-hybridized carbons (Fsp3) is 0.750. The van der Waals surface area contributed by atoms with Crippen molar-refractivity contribution in [3.63, 3.8) is 0 Å². The third kappa shape index (κ3) is 5.88. The number of carbonyl (C=O) groups excluding carboxylic acids is 1. The first-order valence-corrected chi connectivity index (χ1v) is 6.06. The Balaban J connectivity index is 2.15. The Bertz CT molecular complexity index is 229. The number of nitrogens with two attached hydrogens (primary N) is 1. The highest BCUT2D eigenvalue weighted by Crippen LogP contribution is 2.15. The monoisotopic (exact) mass is 226 g/mol. The van der Waals surface area contributed by atoms with E-state index in [0.717, 1.165) is 32.1 Å². The summed E-state index contributed by atoms with van der Waals surface area (Å²) >= 11 is 0. The molecule has 0 bridgehead atoms. The van der Waals surface area contributed by atoms with Crippen LogP contribution in [0.2, 0.25) is 0 Å². The van der Waals surface area contributed by atoms with Crippen LogP contribution in [0, 0.1) is 0 Å². The second kappa shape index (κ2) is 8.30. The average molecular weight is 226 g/mol. The molecule has 1 atom stereocenters. The summed E-state index contributed by atoms with van der Waals surface area (Å²) in [5.41, 5.74) is 5.29. The van der Waals surface area contributed by atoms with Gasteiger partial charge in [-0.15, -0.1) is 0 Å². The lowest BCUT2D eigenvalue weighted by molar-refractivity contribution is -0.127. The van der Waals surface area contributed by atoms with Crippen LogP contribution in [0.4, 0.5) is 0 Å². The van der Waals surface area contributed by atoms with Crippen molar-refractivity contribution in [1.29, 1.82) is 0 Å². The third-order valence-corrected chi connectivity index (χ3v) is 2.64. The van der Waals surface area contributed by atoms with Crippen LogP contribution in [0.3, 0.4) is 0 Å². The summed E-state index contributed by atoms with van der Waals surface area (Å²) in [5, 5.41) is 2.70. The van der Waals surface area contributed by atoms with Crippen molar-refractivity contribution < 1.29 is 9.53 Å². The first-order chi connectivity index (χ1) is 7.83. The summed E-state index contributed by atoms with van der Waals surface area (Å²) in [6.07, 6.45) is 10.0. The lowest BCUT2D eigenvalue weighted by Gasteiger charge is -2.18. The number of ether oxygens (including phenoxy) is 1. The molecule has 0 heterocycles. The third-order valence-electron chi connectivity index (χ3n) is 2.64. The molecule has 1 rings (SSSR count). The van der Waals surface area contributed by atoms with E-state index in [-0.39, 0.29) is 18.6 Å². The Morgan fingerprint density at radius 1 is 1.38 bits per heavy atom. The van der Waals surface area contributed by atoms with Gasteiger partial charge in [-0.25, -0.2) is 0 Å². The molecule has 0 radical (unpaired) electrons. The molecule has 0 saturated carbocycles. The van der Waals surface area contributed by atoms with Crippen molar-refractivity contribution in [2.75, 3.05) is 19.7 Å². The largest absolute Gasteiger partial charge is 0.368 e. The van der Waals surface area contributed by atoms with E-state index >= 15 is 0 Å². The van der Waals surface area contributed by atoms with Gasteiger partial charge < -0.3 is 15.8 Å². The van der Waals surface area contributed by atoms with Gasteiger partial charge in [0.05, 0.1) is 6.10 Å². The number of hydrogen-bond donors (Lipinski definition) is 2. The van der Waals surface area contributed by atoms with Crippen LogP contribution in [0.5, 0.6) is 0 Å². The average Bonchev–Trinajstić information content (AvgIpc) is 2.25. The lowest BCUT2D eigenvalue weighted by Crippen LogP contribution is -2.33. The van der Waals surface area contributed by atoms with Gasteiger partial charge in [-0.3, -0.25) is 4.79 Å². The van der Waals surface area contributed by atoms with Gasteiger partial charge in [-0.1, -0.05) is 12.2 Å². The molecule has 0 unspecified atom stereocenters.